The van der Waals surface area contributed by atoms with Crippen molar-refractivity contribution in [1.82, 2.24) is 0 Å². The number of hydrogen-bond acceptors (Lipinski definition) is 1. The molecule has 84 valence electrons. The highest BCUT2D eigenvalue weighted by atomic mass is 16.5. The van der Waals surface area contributed by atoms with E-state index in [-0.39, 0.29) is 6.10 Å². The van der Waals surface area contributed by atoms with E-state index in [1.54, 1.807) is 0 Å². The van der Waals surface area contributed by atoms with Crippen molar-refractivity contribution in [3.05, 3.63) is 54.1 Å². The second-order valence-corrected chi connectivity index (χ2v) is 4.43. The van der Waals surface area contributed by atoms with E-state index < -0.39 is 0 Å². The minimum absolute atomic E-state index is 0.190. The van der Waals surface area contributed by atoms with Gasteiger partial charge in [-0.1, -0.05) is 44.2 Å². The summed E-state index contributed by atoms with van der Waals surface area (Å²) in [4.78, 5) is 0. The summed E-state index contributed by atoms with van der Waals surface area (Å²) in [5.41, 5.74) is 1.35. The first kappa shape index (κ1) is 11.0. The van der Waals surface area contributed by atoms with Gasteiger partial charge in [-0.2, -0.15) is 0 Å². The fourth-order valence-corrected chi connectivity index (χ4v) is 1.75. The minimum Gasteiger partial charge on any atom is -0.486 e. The van der Waals surface area contributed by atoms with Gasteiger partial charge in [-0.3, -0.25) is 0 Å². The van der Waals surface area contributed by atoms with Gasteiger partial charge in [0, 0.05) is 6.42 Å². The molecule has 1 heteroatoms. The second kappa shape index (κ2) is 5.02. The largest absolute Gasteiger partial charge is 0.486 e. The zero-order chi connectivity index (χ0) is 11.4. The molecule has 0 spiro atoms. The number of benzene rings is 1. The summed E-state index contributed by atoms with van der Waals surface area (Å²) in [5.74, 6) is 1.53. The van der Waals surface area contributed by atoms with Crippen LogP contribution >= 0.6 is 0 Å². The summed E-state index contributed by atoms with van der Waals surface area (Å²) in [7, 11) is 0. The summed E-state index contributed by atoms with van der Waals surface area (Å²) in [5, 5.41) is 0. The third kappa shape index (κ3) is 2.75. The molecule has 0 saturated heterocycles. The van der Waals surface area contributed by atoms with Crippen LogP contribution in [0.2, 0.25) is 0 Å². The van der Waals surface area contributed by atoms with Gasteiger partial charge in [0.05, 0.1) is 0 Å². The minimum atomic E-state index is 0.190. The average molecular weight is 214 g/mol. The SMILES string of the molecule is CC(C)c1ccc(OC2C=CC=CC2)cc1. The lowest BCUT2D eigenvalue weighted by Crippen LogP contribution is -2.13. The molecular weight excluding hydrogens is 196 g/mol. The molecular formula is C15H18O. The summed E-state index contributed by atoms with van der Waals surface area (Å²) in [6.07, 6.45) is 9.47. The Bertz CT molecular complexity index is 384. The van der Waals surface area contributed by atoms with E-state index in [0.717, 1.165) is 12.2 Å². The zero-order valence-electron chi connectivity index (χ0n) is 9.89. The van der Waals surface area contributed by atoms with Crippen LogP contribution in [0.5, 0.6) is 5.75 Å². The molecule has 1 atom stereocenters. The summed E-state index contributed by atoms with van der Waals surface area (Å²) >= 11 is 0. The topological polar surface area (TPSA) is 9.23 Å². The van der Waals surface area contributed by atoms with Crippen molar-refractivity contribution < 1.29 is 4.74 Å². The van der Waals surface area contributed by atoms with E-state index in [9.17, 15) is 0 Å². The molecule has 1 nitrogen and oxygen atoms in total. The van der Waals surface area contributed by atoms with Crippen LogP contribution in [0.1, 0.15) is 31.7 Å². The summed E-state index contributed by atoms with van der Waals surface area (Å²) in [6.45, 7) is 4.40. The molecule has 1 aliphatic carbocycles. The van der Waals surface area contributed by atoms with Gasteiger partial charge in [-0.15, -0.1) is 0 Å². The Balaban J connectivity index is 1.99. The Hall–Kier alpha value is -1.50. The van der Waals surface area contributed by atoms with Gasteiger partial charge in [0.1, 0.15) is 11.9 Å². The van der Waals surface area contributed by atoms with E-state index in [4.69, 9.17) is 4.74 Å². The molecule has 1 aromatic carbocycles. The Kier molecular flexibility index (Phi) is 3.45. The Morgan fingerprint density at radius 2 is 1.88 bits per heavy atom. The van der Waals surface area contributed by atoms with Gasteiger partial charge >= 0.3 is 0 Å². The van der Waals surface area contributed by atoms with Crippen LogP contribution in [-0.2, 0) is 0 Å². The molecule has 0 radical (unpaired) electrons. The van der Waals surface area contributed by atoms with Crippen LogP contribution in [-0.4, -0.2) is 6.10 Å². The molecule has 0 N–H and O–H groups in total. The summed E-state index contributed by atoms with van der Waals surface area (Å²) < 4.78 is 5.85. The van der Waals surface area contributed by atoms with Gasteiger partial charge in [-0.05, 0) is 29.7 Å². The van der Waals surface area contributed by atoms with Crippen molar-refractivity contribution in [2.24, 2.45) is 0 Å². The van der Waals surface area contributed by atoms with Crippen molar-refractivity contribution in [2.75, 3.05) is 0 Å². The molecule has 1 aromatic rings. The van der Waals surface area contributed by atoms with Crippen LogP contribution < -0.4 is 4.74 Å². The smallest absolute Gasteiger partial charge is 0.121 e. The van der Waals surface area contributed by atoms with Crippen LogP contribution in [0, 0.1) is 0 Å². The molecule has 16 heavy (non-hydrogen) atoms. The van der Waals surface area contributed by atoms with Gasteiger partial charge in [-0.25, -0.2) is 0 Å². The lowest BCUT2D eigenvalue weighted by molar-refractivity contribution is 0.251. The molecule has 0 amide bonds. The molecule has 0 aromatic heterocycles. The number of allylic oxidation sites excluding steroid dienone is 2. The van der Waals surface area contributed by atoms with E-state index in [0.29, 0.717) is 5.92 Å². The van der Waals surface area contributed by atoms with Crippen LogP contribution in [0.4, 0.5) is 0 Å². The van der Waals surface area contributed by atoms with E-state index in [2.05, 4.69) is 56.3 Å². The van der Waals surface area contributed by atoms with E-state index >= 15 is 0 Å². The van der Waals surface area contributed by atoms with E-state index in [1.165, 1.54) is 5.56 Å². The van der Waals surface area contributed by atoms with E-state index in [1.807, 2.05) is 6.08 Å². The molecule has 0 aliphatic heterocycles. The molecule has 1 aliphatic rings. The van der Waals surface area contributed by atoms with Gasteiger partial charge in [0.25, 0.3) is 0 Å². The molecule has 0 bridgehead atoms. The van der Waals surface area contributed by atoms with Crippen LogP contribution in [0.15, 0.2) is 48.6 Å². The molecule has 0 heterocycles. The average Bonchev–Trinajstić information content (AvgIpc) is 2.31. The standard InChI is InChI=1S/C15H18O/c1-12(2)13-8-10-15(11-9-13)16-14-6-4-3-5-7-14/h3-6,8-12,14H,7H2,1-2H3. The fourth-order valence-electron chi connectivity index (χ4n) is 1.75. The van der Waals surface area contributed by atoms with Crippen molar-refractivity contribution in [3.63, 3.8) is 0 Å². The first-order valence-corrected chi connectivity index (χ1v) is 5.85. The monoisotopic (exact) mass is 214 g/mol. The normalized spacial score (nSPS) is 19.1. The molecule has 0 fully saturated rings. The summed E-state index contributed by atoms with van der Waals surface area (Å²) in [6, 6.07) is 8.40. The van der Waals surface area contributed by atoms with Crippen molar-refractivity contribution in [3.8, 4) is 5.75 Å². The highest BCUT2D eigenvalue weighted by Gasteiger charge is 2.07. The number of rotatable bonds is 3. The van der Waals surface area contributed by atoms with Crippen LogP contribution in [0.3, 0.4) is 0 Å². The Morgan fingerprint density at radius 1 is 1.12 bits per heavy atom. The lowest BCUT2D eigenvalue weighted by atomic mass is 10.0. The highest BCUT2D eigenvalue weighted by Crippen LogP contribution is 2.20. The highest BCUT2D eigenvalue weighted by molar-refractivity contribution is 5.29. The zero-order valence-corrected chi connectivity index (χ0v) is 9.89. The third-order valence-electron chi connectivity index (χ3n) is 2.78. The van der Waals surface area contributed by atoms with Gasteiger partial charge in [0.2, 0.25) is 0 Å². The number of ether oxygens (including phenoxy) is 1. The quantitative estimate of drug-likeness (QED) is 0.737. The maximum absolute atomic E-state index is 5.85. The molecule has 0 saturated carbocycles. The third-order valence-corrected chi connectivity index (χ3v) is 2.78. The Morgan fingerprint density at radius 3 is 2.44 bits per heavy atom. The van der Waals surface area contributed by atoms with Gasteiger partial charge < -0.3 is 4.74 Å². The maximum Gasteiger partial charge on any atom is 0.121 e. The first-order valence-electron chi connectivity index (χ1n) is 5.85. The van der Waals surface area contributed by atoms with Crippen molar-refractivity contribution in [1.29, 1.82) is 0 Å². The predicted molar refractivity (Wildman–Crippen MR) is 67.8 cm³/mol. The maximum atomic E-state index is 5.85. The van der Waals surface area contributed by atoms with Gasteiger partial charge in [0.15, 0.2) is 0 Å². The van der Waals surface area contributed by atoms with Crippen molar-refractivity contribution in [2.45, 2.75) is 32.3 Å². The lowest BCUT2D eigenvalue weighted by Gasteiger charge is -2.16. The Labute approximate surface area is 97.4 Å². The molecule has 1 unspecified atom stereocenters. The second-order valence-electron chi connectivity index (χ2n) is 4.43. The number of hydrogen-bond donors (Lipinski definition) is 0. The fraction of sp³-hybridized carbons (Fsp3) is 0.333. The first-order chi connectivity index (χ1) is 7.75. The van der Waals surface area contributed by atoms with Crippen LogP contribution in [0.25, 0.3) is 0 Å². The van der Waals surface area contributed by atoms with Crippen molar-refractivity contribution >= 4 is 0 Å². The predicted octanol–water partition coefficient (Wildman–Crippen LogP) is 4.07. The molecule has 2 rings (SSSR count).